The van der Waals surface area contributed by atoms with E-state index in [9.17, 15) is 4.79 Å². The predicted octanol–water partition coefficient (Wildman–Crippen LogP) is 4.26. The van der Waals surface area contributed by atoms with Gasteiger partial charge >= 0.3 is 0 Å². The van der Waals surface area contributed by atoms with E-state index >= 15 is 0 Å². The quantitative estimate of drug-likeness (QED) is 0.664. The van der Waals surface area contributed by atoms with Crippen LogP contribution in [0.3, 0.4) is 0 Å². The summed E-state index contributed by atoms with van der Waals surface area (Å²) in [5.41, 5.74) is 3.11. The van der Waals surface area contributed by atoms with Gasteiger partial charge in [0, 0.05) is 23.3 Å². The first-order valence-electron chi connectivity index (χ1n) is 5.90. The first-order valence-corrected chi connectivity index (χ1v) is 6.71. The fraction of sp³-hybridized carbons (Fsp3) is 0.133. The average Bonchev–Trinajstić information content (AvgIpc) is 2.51. The summed E-state index contributed by atoms with van der Waals surface area (Å²) >= 11 is 12.6. The Morgan fingerprint density at radius 3 is 2.63 bits per heavy atom. The molecule has 0 saturated carbocycles. The van der Waals surface area contributed by atoms with Crippen LogP contribution in [-0.2, 0) is 0 Å². The summed E-state index contributed by atoms with van der Waals surface area (Å²) in [5, 5.41) is 0.239. The molecule has 1 amide bonds. The molecule has 1 aliphatic rings. The van der Waals surface area contributed by atoms with Crippen molar-refractivity contribution < 1.29 is 4.79 Å². The number of benzene rings is 2. The topological polar surface area (TPSA) is 20.3 Å². The maximum atomic E-state index is 12.5. The molecule has 2 nitrogen and oxygen atoms in total. The van der Waals surface area contributed by atoms with Gasteiger partial charge in [-0.2, -0.15) is 0 Å². The van der Waals surface area contributed by atoms with Crippen LogP contribution in [0.5, 0.6) is 0 Å². The molecule has 0 N–H and O–H groups in total. The maximum absolute atomic E-state index is 12.5. The van der Waals surface area contributed by atoms with Gasteiger partial charge in [-0.05, 0) is 35.4 Å². The van der Waals surface area contributed by atoms with Crippen LogP contribution in [0.25, 0.3) is 0 Å². The summed E-state index contributed by atoms with van der Waals surface area (Å²) < 4.78 is 0. The molecule has 2 aromatic rings. The highest BCUT2D eigenvalue weighted by molar-refractivity contribution is 6.31. The summed E-state index contributed by atoms with van der Waals surface area (Å²) in [7, 11) is 1.75. The van der Waals surface area contributed by atoms with Gasteiger partial charge < -0.3 is 4.90 Å². The second-order valence-electron chi connectivity index (χ2n) is 4.52. The Labute approximate surface area is 121 Å². The minimum atomic E-state index is -0.376. The van der Waals surface area contributed by atoms with Crippen molar-refractivity contribution in [2.45, 2.75) is 5.38 Å². The van der Waals surface area contributed by atoms with Crippen molar-refractivity contribution >= 4 is 34.8 Å². The molecule has 0 fully saturated rings. The number of hydrogen-bond acceptors (Lipinski definition) is 1. The molecule has 0 unspecified atom stereocenters. The van der Waals surface area contributed by atoms with Gasteiger partial charge in [-0.25, -0.2) is 0 Å². The third-order valence-electron chi connectivity index (χ3n) is 3.39. The van der Waals surface area contributed by atoms with Gasteiger partial charge in [0.15, 0.2) is 0 Å². The Hall–Kier alpha value is -1.51. The van der Waals surface area contributed by atoms with Gasteiger partial charge in [0.2, 0.25) is 0 Å². The third kappa shape index (κ3) is 1.92. The van der Waals surface area contributed by atoms with Crippen LogP contribution >= 0.6 is 23.2 Å². The molecule has 4 heteroatoms. The molecule has 19 heavy (non-hydrogen) atoms. The molecule has 0 spiro atoms. The highest BCUT2D eigenvalue weighted by Gasteiger charge is 2.29. The third-order valence-corrected chi connectivity index (χ3v) is 4.10. The van der Waals surface area contributed by atoms with Crippen LogP contribution in [0.1, 0.15) is 26.9 Å². The van der Waals surface area contributed by atoms with Gasteiger partial charge in [0.1, 0.15) is 0 Å². The zero-order chi connectivity index (χ0) is 13.6. The van der Waals surface area contributed by atoms with Gasteiger partial charge in [-0.3, -0.25) is 4.79 Å². The van der Waals surface area contributed by atoms with Crippen LogP contribution in [0.4, 0.5) is 5.69 Å². The van der Waals surface area contributed by atoms with Gasteiger partial charge in [-0.15, -0.1) is 11.6 Å². The molecule has 2 aromatic carbocycles. The van der Waals surface area contributed by atoms with E-state index in [1.54, 1.807) is 24.1 Å². The van der Waals surface area contributed by atoms with Crippen molar-refractivity contribution in [1.82, 2.24) is 0 Å². The number of carbonyl (C=O) groups excluding carboxylic acids is 1. The summed E-state index contributed by atoms with van der Waals surface area (Å²) in [6.07, 6.45) is 0. The Morgan fingerprint density at radius 1 is 1.11 bits per heavy atom. The lowest BCUT2D eigenvalue weighted by Crippen LogP contribution is -2.26. The largest absolute Gasteiger partial charge is 0.311 e. The van der Waals surface area contributed by atoms with Gasteiger partial charge in [0.05, 0.1) is 5.38 Å². The second-order valence-corrected chi connectivity index (χ2v) is 5.39. The van der Waals surface area contributed by atoms with E-state index in [2.05, 4.69) is 0 Å². The Balaban J connectivity index is 2.31. The minimum absolute atomic E-state index is 0.0534. The highest BCUT2D eigenvalue weighted by atomic mass is 35.5. The zero-order valence-corrected chi connectivity index (χ0v) is 11.7. The van der Waals surface area contributed by atoms with E-state index < -0.39 is 0 Å². The molecule has 1 atom stereocenters. The Kier molecular flexibility index (Phi) is 3.00. The van der Waals surface area contributed by atoms with E-state index in [4.69, 9.17) is 23.2 Å². The smallest absolute Gasteiger partial charge is 0.258 e. The second kappa shape index (κ2) is 4.55. The van der Waals surface area contributed by atoms with Gasteiger partial charge in [-0.1, -0.05) is 29.8 Å². The Bertz CT molecular complexity index is 669. The van der Waals surface area contributed by atoms with Crippen LogP contribution in [0, 0.1) is 0 Å². The summed E-state index contributed by atoms with van der Waals surface area (Å²) in [6.45, 7) is 0. The molecule has 1 heterocycles. The lowest BCUT2D eigenvalue weighted by molar-refractivity contribution is 0.0993. The van der Waals surface area contributed by atoms with Crippen molar-refractivity contribution in [3.63, 3.8) is 0 Å². The molecule has 3 rings (SSSR count). The number of nitrogens with zero attached hydrogens (tertiary/aromatic N) is 1. The van der Waals surface area contributed by atoms with Crippen molar-refractivity contribution in [3.8, 4) is 0 Å². The van der Waals surface area contributed by atoms with E-state index in [1.165, 1.54) is 0 Å². The molecular formula is C15H11Cl2NO. The van der Waals surface area contributed by atoms with E-state index in [1.807, 2.05) is 30.3 Å². The lowest BCUT2D eigenvalue weighted by Gasteiger charge is -2.18. The fourth-order valence-electron chi connectivity index (χ4n) is 2.40. The summed E-state index contributed by atoms with van der Waals surface area (Å²) in [4.78, 5) is 14.1. The van der Waals surface area contributed by atoms with E-state index in [-0.39, 0.29) is 11.3 Å². The average molecular weight is 292 g/mol. The number of amides is 1. The fourth-order valence-corrected chi connectivity index (χ4v) is 2.95. The predicted molar refractivity (Wildman–Crippen MR) is 78.3 cm³/mol. The van der Waals surface area contributed by atoms with Crippen molar-refractivity contribution in [1.29, 1.82) is 0 Å². The molecule has 0 aliphatic carbocycles. The molecule has 96 valence electrons. The molecule has 0 bridgehead atoms. The summed E-state index contributed by atoms with van der Waals surface area (Å²) in [5.74, 6) is -0.0534. The number of alkyl halides is 1. The molecular weight excluding hydrogens is 281 g/mol. The van der Waals surface area contributed by atoms with Crippen LogP contribution < -0.4 is 4.90 Å². The lowest BCUT2D eigenvalue weighted by atomic mass is 10.00. The number of fused-ring (bicyclic) bond motifs is 2. The standard InChI is InChI=1S/C15H11Cl2NO/c1-18-13-7-6-9(16)8-12(13)14(17)10-4-2-3-5-11(10)15(18)19/h2-8,14H,1H3/t14-/m1/s1. The molecule has 0 radical (unpaired) electrons. The molecule has 1 aliphatic heterocycles. The normalized spacial score (nSPS) is 17.7. The van der Waals surface area contributed by atoms with Crippen molar-refractivity contribution in [2.24, 2.45) is 0 Å². The SMILES string of the molecule is CN1C(=O)c2ccccc2[C@@H](Cl)c2cc(Cl)ccc21. The first kappa shape index (κ1) is 12.5. The van der Waals surface area contributed by atoms with E-state index in [0.717, 1.165) is 16.8 Å². The van der Waals surface area contributed by atoms with Crippen LogP contribution in [0.2, 0.25) is 5.02 Å². The Morgan fingerprint density at radius 2 is 1.84 bits per heavy atom. The van der Waals surface area contributed by atoms with Crippen LogP contribution in [-0.4, -0.2) is 13.0 Å². The first-order chi connectivity index (χ1) is 9.09. The number of hydrogen-bond donors (Lipinski definition) is 0. The number of rotatable bonds is 0. The zero-order valence-electron chi connectivity index (χ0n) is 10.2. The number of halogens is 2. The number of anilines is 1. The number of carbonyl (C=O) groups is 1. The molecule has 0 aromatic heterocycles. The molecule has 0 saturated heterocycles. The van der Waals surface area contributed by atoms with E-state index in [0.29, 0.717) is 10.6 Å². The van der Waals surface area contributed by atoms with Gasteiger partial charge in [0.25, 0.3) is 5.91 Å². The maximum Gasteiger partial charge on any atom is 0.258 e. The van der Waals surface area contributed by atoms with Crippen molar-refractivity contribution in [2.75, 3.05) is 11.9 Å². The summed E-state index contributed by atoms with van der Waals surface area (Å²) in [6, 6.07) is 12.8. The monoisotopic (exact) mass is 291 g/mol. The van der Waals surface area contributed by atoms with Crippen LogP contribution in [0.15, 0.2) is 42.5 Å². The minimum Gasteiger partial charge on any atom is -0.311 e. The van der Waals surface area contributed by atoms with Crippen molar-refractivity contribution in [3.05, 3.63) is 64.2 Å². The highest BCUT2D eigenvalue weighted by Crippen LogP contribution is 2.41.